The van der Waals surface area contributed by atoms with Crippen molar-refractivity contribution in [2.75, 3.05) is 6.54 Å². The van der Waals surface area contributed by atoms with Gasteiger partial charge in [-0.05, 0) is 24.3 Å². The van der Waals surface area contributed by atoms with Gasteiger partial charge in [-0.15, -0.1) is 0 Å². The Bertz CT molecular complexity index is 703. The van der Waals surface area contributed by atoms with Crippen molar-refractivity contribution in [1.82, 2.24) is 14.5 Å². The van der Waals surface area contributed by atoms with Gasteiger partial charge in [-0.1, -0.05) is 25.1 Å². The van der Waals surface area contributed by atoms with Crippen LogP contribution in [-0.4, -0.2) is 21.1 Å². The molecule has 102 valence electrons. The standard InChI is InChI=1S/C16H18N4/c1-2-16-19-13-8-3-4-9-14(13)20(16)15(11-17)12-7-5-6-10-18-12/h3-10,15H,2,11,17H2,1H3. The van der Waals surface area contributed by atoms with Gasteiger partial charge in [0.2, 0.25) is 0 Å². The normalized spacial score (nSPS) is 12.7. The smallest absolute Gasteiger partial charge is 0.110 e. The highest BCUT2D eigenvalue weighted by Gasteiger charge is 2.19. The molecule has 0 spiro atoms. The summed E-state index contributed by atoms with van der Waals surface area (Å²) in [5.41, 5.74) is 9.13. The molecule has 0 aliphatic rings. The molecule has 3 rings (SSSR count). The van der Waals surface area contributed by atoms with Crippen molar-refractivity contribution in [3.05, 3.63) is 60.2 Å². The molecule has 2 N–H and O–H groups in total. The van der Waals surface area contributed by atoms with Crippen LogP contribution in [0.15, 0.2) is 48.7 Å². The molecule has 0 radical (unpaired) electrons. The summed E-state index contributed by atoms with van der Waals surface area (Å²) in [7, 11) is 0. The number of aromatic nitrogens is 3. The van der Waals surface area contributed by atoms with Crippen molar-refractivity contribution in [2.45, 2.75) is 19.4 Å². The summed E-state index contributed by atoms with van der Waals surface area (Å²) in [6.45, 7) is 2.62. The zero-order valence-electron chi connectivity index (χ0n) is 11.5. The number of aryl methyl sites for hydroxylation is 1. The molecule has 1 aromatic carbocycles. The van der Waals surface area contributed by atoms with Gasteiger partial charge < -0.3 is 10.3 Å². The third-order valence-electron chi connectivity index (χ3n) is 3.55. The van der Waals surface area contributed by atoms with Crippen molar-refractivity contribution in [3.8, 4) is 0 Å². The Morgan fingerprint density at radius 2 is 1.95 bits per heavy atom. The van der Waals surface area contributed by atoms with Gasteiger partial charge in [0.1, 0.15) is 5.82 Å². The topological polar surface area (TPSA) is 56.7 Å². The summed E-state index contributed by atoms with van der Waals surface area (Å²) in [6.07, 6.45) is 2.68. The first-order valence-corrected chi connectivity index (χ1v) is 6.92. The molecule has 0 amide bonds. The molecule has 1 unspecified atom stereocenters. The highest BCUT2D eigenvalue weighted by molar-refractivity contribution is 5.76. The van der Waals surface area contributed by atoms with Crippen LogP contribution < -0.4 is 5.73 Å². The number of hydrogen-bond donors (Lipinski definition) is 1. The van der Waals surface area contributed by atoms with Crippen molar-refractivity contribution < 1.29 is 0 Å². The number of para-hydroxylation sites is 2. The van der Waals surface area contributed by atoms with E-state index in [4.69, 9.17) is 10.7 Å². The lowest BCUT2D eigenvalue weighted by atomic mass is 10.1. The lowest BCUT2D eigenvalue weighted by Gasteiger charge is -2.19. The SMILES string of the molecule is CCc1nc2ccccc2n1C(CN)c1ccccn1. The molecule has 20 heavy (non-hydrogen) atoms. The molecule has 3 aromatic rings. The fourth-order valence-corrected chi connectivity index (χ4v) is 2.62. The van der Waals surface area contributed by atoms with Gasteiger partial charge in [-0.25, -0.2) is 4.98 Å². The zero-order valence-corrected chi connectivity index (χ0v) is 11.5. The molecule has 0 aliphatic heterocycles. The molecule has 0 saturated carbocycles. The van der Waals surface area contributed by atoms with E-state index in [9.17, 15) is 0 Å². The van der Waals surface area contributed by atoms with Crippen LogP contribution in [0.2, 0.25) is 0 Å². The van der Waals surface area contributed by atoms with Crippen LogP contribution in [0, 0.1) is 0 Å². The minimum absolute atomic E-state index is 0.0264. The summed E-state index contributed by atoms with van der Waals surface area (Å²) in [4.78, 5) is 9.16. The Balaban J connectivity index is 2.21. The van der Waals surface area contributed by atoms with Crippen LogP contribution in [0.5, 0.6) is 0 Å². The van der Waals surface area contributed by atoms with Gasteiger partial charge >= 0.3 is 0 Å². The molecule has 0 saturated heterocycles. The second-order valence-corrected chi connectivity index (χ2v) is 4.75. The predicted octanol–water partition coefficient (Wildman–Crippen LogP) is 2.54. The van der Waals surface area contributed by atoms with E-state index in [1.807, 2.05) is 42.6 Å². The van der Waals surface area contributed by atoms with Crippen molar-refractivity contribution >= 4 is 11.0 Å². The predicted molar refractivity (Wildman–Crippen MR) is 80.5 cm³/mol. The van der Waals surface area contributed by atoms with Gasteiger partial charge in [-0.2, -0.15) is 0 Å². The van der Waals surface area contributed by atoms with Crippen LogP contribution in [0.25, 0.3) is 11.0 Å². The van der Waals surface area contributed by atoms with E-state index in [1.54, 1.807) is 0 Å². The lowest BCUT2D eigenvalue weighted by molar-refractivity contribution is 0.569. The molecular formula is C16H18N4. The van der Waals surface area contributed by atoms with E-state index in [2.05, 4.69) is 22.5 Å². The molecule has 4 heteroatoms. The van der Waals surface area contributed by atoms with Gasteiger partial charge in [0.05, 0.1) is 22.8 Å². The number of imidazole rings is 1. The molecule has 0 fully saturated rings. The highest BCUT2D eigenvalue weighted by Crippen LogP contribution is 2.24. The van der Waals surface area contributed by atoms with E-state index in [1.165, 1.54) is 0 Å². The minimum atomic E-state index is 0.0264. The Hall–Kier alpha value is -2.20. The number of fused-ring (bicyclic) bond motifs is 1. The largest absolute Gasteiger partial charge is 0.328 e. The maximum absolute atomic E-state index is 6.02. The van der Waals surface area contributed by atoms with Crippen LogP contribution in [0.1, 0.15) is 24.5 Å². The Morgan fingerprint density at radius 3 is 2.65 bits per heavy atom. The molecule has 2 heterocycles. The quantitative estimate of drug-likeness (QED) is 0.789. The fourth-order valence-electron chi connectivity index (χ4n) is 2.62. The number of pyridine rings is 1. The monoisotopic (exact) mass is 266 g/mol. The van der Waals surface area contributed by atoms with E-state index in [0.29, 0.717) is 6.54 Å². The van der Waals surface area contributed by atoms with Crippen LogP contribution in [-0.2, 0) is 6.42 Å². The Labute approximate surface area is 118 Å². The molecule has 4 nitrogen and oxygen atoms in total. The summed E-state index contributed by atoms with van der Waals surface area (Å²) < 4.78 is 2.22. The number of benzene rings is 1. The van der Waals surface area contributed by atoms with Gasteiger partial charge in [0.15, 0.2) is 0 Å². The van der Waals surface area contributed by atoms with Crippen molar-refractivity contribution in [1.29, 1.82) is 0 Å². The summed E-state index contributed by atoms with van der Waals surface area (Å²) in [6, 6.07) is 14.1. The third-order valence-corrected chi connectivity index (χ3v) is 3.55. The maximum Gasteiger partial charge on any atom is 0.110 e. The van der Waals surface area contributed by atoms with Gasteiger partial charge in [0.25, 0.3) is 0 Å². The van der Waals surface area contributed by atoms with Gasteiger partial charge in [0, 0.05) is 19.2 Å². The zero-order chi connectivity index (χ0) is 13.9. The maximum atomic E-state index is 6.02. The van der Waals surface area contributed by atoms with E-state index in [0.717, 1.165) is 29.0 Å². The van der Waals surface area contributed by atoms with Gasteiger partial charge in [-0.3, -0.25) is 4.98 Å². The highest BCUT2D eigenvalue weighted by atomic mass is 15.1. The molecule has 1 atom stereocenters. The summed E-state index contributed by atoms with van der Waals surface area (Å²) >= 11 is 0. The van der Waals surface area contributed by atoms with E-state index >= 15 is 0 Å². The first-order valence-electron chi connectivity index (χ1n) is 6.92. The fraction of sp³-hybridized carbons (Fsp3) is 0.250. The Kier molecular flexibility index (Phi) is 3.48. The number of nitrogens with two attached hydrogens (primary N) is 1. The van der Waals surface area contributed by atoms with E-state index < -0.39 is 0 Å². The number of nitrogens with zero attached hydrogens (tertiary/aromatic N) is 3. The minimum Gasteiger partial charge on any atom is -0.328 e. The molecule has 2 aromatic heterocycles. The molecule has 0 aliphatic carbocycles. The van der Waals surface area contributed by atoms with Crippen molar-refractivity contribution in [3.63, 3.8) is 0 Å². The first-order chi connectivity index (χ1) is 9.85. The number of rotatable bonds is 4. The Morgan fingerprint density at radius 1 is 1.15 bits per heavy atom. The summed E-state index contributed by atoms with van der Waals surface area (Å²) in [5, 5.41) is 0. The summed E-state index contributed by atoms with van der Waals surface area (Å²) in [5.74, 6) is 1.05. The molecule has 0 bridgehead atoms. The van der Waals surface area contributed by atoms with Crippen LogP contribution in [0.4, 0.5) is 0 Å². The third kappa shape index (κ3) is 2.08. The number of hydrogen-bond acceptors (Lipinski definition) is 3. The first kappa shape index (κ1) is 12.8. The lowest BCUT2D eigenvalue weighted by Crippen LogP contribution is -2.23. The second kappa shape index (κ2) is 5.43. The van der Waals surface area contributed by atoms with Crippen LogP contribution in [0.3, 0.4) is 0 Å². The van der Waals surface area contributed by atoms with Crippen LogP contribution >= 0.6 is 0 Å². The molecular weight excluding hydrogens is 248 g/mol. The van der Waals surface area contributed by atoms with Crippen molar-refractivity contribution in [2.24, 2.45) is 5.73 Å². The van der Waals surface area contributed by atoms with E-state index in [-0.39, 0.29) is 6.04 Å². The average Bonchev–Trinajstić information content (AvgIpc) is 2.88. The average molecular weight is 266 g/mol. The second-order valence-electron chi connectivity index (χ2n) is 4.75.